The lowest BCUT2D eigenvalue weighted by atomic mass is 10.1. The van der Waals surface area contributed by atoms with Crippen LogP contribution in [0, 0.1) is 0 Å². The Morgan fingerprint density at radius 3 is 2.26 bits per heavy atom. The number of piperazine rings is 1. The zero-order valence-electron chi connectivity index (χ0n) is 19.3. The molecule has 1 fully saturated rings. The molecule has 1 aliphatic heterocycles. The second kappa shape index (κ2) is 9.93. The Balaban J connectivity index is 1.30. The zero-order valence-corrected chi connectivity index (χ0v) is 19.3. The molecule has 1 aromatic heterocycles. The van der Waals surface area contributed by atoms with Gasteiger partial charge < -0.3 is 9.64 Å². The first-order valence-corrected chi connectivity index (χ1v) is 11.6. The van der Waals surface area contributed by atoms with Crippen molar-refractivity contribution in [3.8, 4) is 28.3 Å². The van der Waals surface area contributed by atoms with Gasteiger partial charge in [0, 0.05) is 37.0 Å². The van der Waals surface area contributed by atoms with Crippen molar-refractivity contribution in [2.24, 2.45) is 0 Å². The highest BCUT2D eigenvalue weighted by molar-refractivity contribution is 5.95. The van der Waals surface area contributed by atoms with Gasteiger partial charge in [0.2, 0.25) is 5.91 Å². The molecule has 0 aliphatic carbocycles. The first-order chi connectivity index (χ1) is 16.7. The van der Waals surface area contributed by atoms with Crippen LogP contribution in [-0.2, 0) is 11.3 Å². The summed E-state index contributed by atoms with van der Waals surface area (Å²) in [5.74, 6) is 0.863. The molecule has 6 nitrogen and oxygen atoms in total. The predicted molar refractivity (Wildman–Crippen MR) is 135 cm³/mol. The summed E-state index contributed by atoms with van der Waals surface area (Å²) in [7, 11) is 1.64. The molecular formula is C28H28N4O2. The highest BCUT2D eigenvalue weighted by Gasteiger charge is 2.25. The maximum atomic E-state index is 12.9. The van der Waals surface area contributed by atoms with Crippen LogP contribution in [0.3, 0.4) is 0 Å². The normalized spacial score (nSPS) is 14.4. The third kappa shape index (κ3) is 4.72. The highest BCUT2D eigenvalue weighted by Crippen LogP contribution is 2.27. The second-order valence-corrected chi connectivity index (χ2v) is 8.39. The van der Waals surface area contributed by atoms with Crippen LogP contribution in [0.1, 0.15) is 0 Å². The molecule has 4 aromatic rings. The van der Waals surface area contributed by atoms with E-state index in [0.29, 0.717) is 19.6 Å². The van der Waals surface area contributed by atoms with E-state index in [1.54, 1.807) is 7.11 Å². The number of benzene rings is 3. The second-order valence-electron chi connectivity index (χ2n) is 8.39. The SMILES string of the molecule is COc1cccc(N2CCN(CCn3nc(-c4ccccc4)cc3-c3ccccc3)CC2=O)c1. The molecule has 0 atom stereocenters. The number of anilines is 1. The quantitative estimate of drug-likeness (QED) is 0.412. The average molecular weight is 453 g/mol. The molecular weight excluding hydrogens is 424 g/mol. The molecule has 0 unspecified atom stereocenters. The van der Waals surface area contributed by atoms with E-state index in [0.717, 1.165) is 47.0 Å². The van der Waals surface area contributed by atoms with Gasteiger partial charge in [-0.1, -0.05) is 66.7 Å². The number of carbonyl (C=O) groups excluding carboxylic acids is 1. The molecule has 2 heterocycles. The van der Waals surface area contributed by atoms with E-state index in [-0.39, 0.29) is 5.91 Å². The predicted octanol–water partition coefficient (Wildman–Crippen LogP) is 4.57. The third-order valence-corrected chi connectivity index (χ3v) is 6.21. The fourth-order valence-corrected chi connectivity index (χ4v) is 4.38. The molecule has 0 radical (unpaired) electrons. The van der Waals surface area contributed by atoms with E-state index in [9.17, 15) is 4.79 Å². The van der Waals surface area contributed by atoms with Crippen molar-refractivity contribution in [2.45, 2.75) is 6.54 Å². The number of hydrogen-bond acceptors (Lipinski definition) is 4. The van der Waals surface area contributed by atoms with Crippen LogP contribution in [-0.4, -0.2) is 53.9 Å². The summed E-state index contributed by atoms with van der Waals surface area (Å²) in [6.45, 7) is 3.34. The number of methoxy groups -OCH3 is 1. The Labute approximate surface area is 200 Å². The summed E-state index contributed by atoms with van der Waals surface area (Å²) in [4.78, 5) is 17.0. The van der Waals surface area contributed by atoms with E-state index < -0.39 is 0 Å². The van der Waals surface area contributed by atoms with Crippen LogP contribution in [0.4, 0.5) is 5.69 Å². The van der Waals surface area contributed by atoms with Crippen LogP contribution < -0.4 is 9.64 Å². The number of carbonyl (C=O) groups is 1. The number of amides is 1. The largest absolute Gasteiger partial charge is 0.497 e. The maximum absolute atomic E-state index is 12.9. The number of hydrogen-bond donors (Lipinski definition) is 0. The first-order valence-electron chi connectivity index (χ1n) is 11.6. The van der Waals surface area contributed by atoms with Gasteiger partial charge >= 0.3 is 0 Å². The van der Waals surface area contributed by atoms with Crippen molar-refractivity contribution in [1.82, 2.24) is 14.7 Å². The third-order valence-electron chi connectivity index (χ3n) is 6.21. The van der Waals surface area contributed by atoms with E-state index >= 15 is 0 Å². The summed E-state index contributed by atoms with van der Waals surface area (Å²) in [6, 6.07) is 30.4. The van der Waals surface area contributed by atoms with Gasteiger partial charge in [0.1, 0.15) is 5.75 Å². The number of aromatic nitrogens is 2. The Morgan fingerprint density at radius 2 is 1.56 bits per heavy atom. The summed E-state index contributed by atoms with van der Waals surface area (Å²) >= 11 is 0. The Kier molecular flexibility index (Phi) is 6.40. The van der Waals surface area contributed by atoms with Crippen molar-refractivity contribution >= 4 is 11.6 Å². The molecule has 6 heteroatoms. The topological polar surface area (TPSA) is 50.6 Å². The van der Waals surface area contributed by atoms with Gasteiger partial charge in [-0.15, -0.1) is 0 Å². The van der Waals surface area contributed by atoms with Crippen molar-refractivity contribution in [1.29, 1.82) is 0 Å². The van der Waals surface area contributed by atoms with Crippen LogP contribution in [0.5, 0.6) is 5.75 Å². The summed E-state index contributed by atoms with van der Waals surface area (Å²) in [6.07, 6.45) is 0. The lowest BCUT2D eigenvalue weighted by Gasteiger charge is -2.34. The van der Waals surface area contributed by atoms with Crippen molar-refractivity contribution in [3.05, 3.63) is 91.0 Å². The standard InChI is InChI=1S/C28H28N4O2/c1-34-25-14-8-13-24(19-25)31-17-15-30(21-28(31)33)16-18-32-27(23-11-6-3-7-12-23)20-26(29-32)22-9-4-2-5-10-22/h2-14,19-20H,15-18,21H2,1H3. The summed E-state index contributed by atoms with van der Waals surface area (Å²) in [5, 5.41) is 4.92. The molecule has 0 spiro atoms. The minimum atomic E-state index is 0.105. The lowest BCUT2D eigenvalue weighted by molar-refractivity contribution is -0.121. The molecule has 0 bridgehead atoms. The zero-order chi connectivity index (χ0) is 23.3. The first kappa shape index (κ1) is 21.9. The maximum Gasteiger partial charge on any atom is 0.241 e. The van der Waals surface area contributed by atoms with E-state index in [2.05, 4.69) is 39.9 Å². The number of ether oxygens (including phenoxy) is 1. The number of nitrogens with zero attached hydrogens (tertiary/aromatic N) is 4. The summed E-state index contributed by atoms with van der Waals surface area (Å²) in [5.41, 5.74) is 5.16. The monoisotopic (exact) mass is 452 g/mol. The van der Waals surface area contributed by atoms with Gasteiger partial charge in [0.05, 0.1) is 31.6 Å². The molecule has 1 amide bonds. The average Bonchev–Trinajstić information content (AvgIpc) is 3.33. The van der Waals surface area contributed by atoms with E-state index in [4.69, 9.17) is 9.84 Å². The van der Waals surface area contributed by atoms with E-state index in [1.807, 2.05) is 65.6 Å². The van der Waals surface area contributed by atoms with Crippen molar-refractivity contribution in [2.75, 3.05) is 38.2 Å². The smallest absolute Gasteiger partial charge is 0.241 e. The number of rotatable bonds is 7. The fourth-order valence-electron chi connectivity index (χ4n) is 4.38. The Bertz CT molecular complexity index is 1250. The molecule has 3 aromatic carbocycles. The van der Waals surface area contributed by atoms with Crippen molar-refractivity contribution in [3.63, 3.8) is 0 Å². The summed E-state index contributed by atoms with van der Waals surface area (Å²) < 4.78 is 7.38. The highest BCUT2D eigenvalue weighted by atomic mass is 16.5. The molecule has 172 valence electrons. The molecule has 0 N–H and O–H groups in total. The van der Waals surface area contributed by atoms with Crippen LogP contribution in [0.2, 0.25) is 0 Å². The Morgan fingerprint density at radius 1 is 0.824 bits per heavy atom. The van der Waals surface area contributed by atoms with Gasteiger partial charge in [-0.2, -0.15) is 5.10 Å². The van der Waals surface area contributed by atoms with Crippen LogP contribution >= 0.6 is 0 Å². The molecule has 0 saturated carbocycles. The minimum absolute atomic E-state index is 0.105. The van der Waals surface area contributed by atoms with E-state index in [1.165, 1.54) is 0 Å². The molecule has 34 heavy (non-hydrogen) atoms. The minimum Gasteiger partial charge on any atom is -0.497 e. The van der Waals surface area contributed by atoms with Crippen LogP contribution in [0.15, 0.2) is 91.0 Å². The lowest BCUT2D eigenvalue weighted by Crippen LogP contribution is -2.51. The van der Waals surface area contributed by atoms with Gasteiger partial charge in [-0.05, 0) is 23.8 Å². The van der Waals surface area contributed by atoms with Crippen molar-refractivity contribution < 1.29 is 9.53 Å². The molecule has 1 saturated heterocycles. The van der Waals surface area contributed by atoms with Crippen LogP contribution in [0.25, 0.3) is 22.5 Å². The van der Waals surface area contributed by atoms with Gasteiger partial charge in [0.25, 0.3) is 0 Å². The molecule has 1 aliphatic rings. The van der Waals surface area contributed by atoms with Gasteiger partial charge in [-0.25, -0.2) is 0 Å². The van der Waals surface area contributed by atoms with Gasteiger partial charge in [0.15, 0.2) is 0 Å². The fraction of sp³-hybridized carbons (Fsp3) is 0.214. The van der Waals surface area contributed by atoms with Gasteiger partial charge in [-0.3, -0.25) is 14.4 Å². The molecule has 5 rings (SSSR count). The Hall–Kier alpha value is -3.90.